The van der Waals surface area contributed by atoms with Gasteiger partial charge in [-0.2, -0.15) is 0 Å². The summed E-state index contributed by atoms with van der Waals surface area (Å²) >= 11 is 0. The zero-order valence-electron chi connectivity index (χ0n) is 15.5. The quantitative estimate of drug-likeness (QED) is 0.335. The van der Waals surface area contributed by atoms with Gasteiger partial charge in [-0.15, -0.1) is 13.2 Å². The highest BCUT2D eigenvalue weighted by Gasteiger charge is 2.31. The largest absolute Gasteiger partial charge is 0.573 e. The Hall–Kier alpha value is -3.55. The van der Waals surface area contributed by atoms with Crippen molar-refractivity contribution in [1.29, 1.82) is 0 Å². The van der Waals surface area contributed by atoms with Gasteiger partial charge < -0.3 is 15.2 Å². The van der Waals surface area contributed by atoms with Crippen LogP contribution in [0.4, 0.5) is 13.2 Å². The number of nitrogens with one attached hydrogen (secondary N) is 2. The summed E-state index contributed by atoms with van der Waals surface area (Å²) in [4.78, 5) is 23.7. The van der Waals surface area contributed by atoms with Crippen molar-refractivity contribution >= 4 is 11.8 Å². The van der Waals surface area contributed by atoms with Crippen LogP contribution in [0.15, 0.2) is 48.5 Å². The topological polar surface area (TPSA) is 108 Å². The van der Waals surface area contributed by atoms with E-state index in [0.29, 0.717) is 11.1 Å². The van der Waals surface area contributed by atoms with Crippen LogP contribution in [0.5, 0.6) is 5.75 Å². The summed E-state index contributed by atoms with van der Waals surface area (Å²) in [7, 11) is 0. The molecule has 2 aromatic carbocycles. The molecule has 0 fully saturated rings. The third kappa shape index (κ3) is 6.80. The molecule has 0 saturated heterocycles. The van der Waals surface area contributed by atoms with E-state index in [1.165, 1.54) is 48.8 Å². The molecule has 2 atom stereocenters. The first-order valence-electron chi connectivity index (χ1n) is 8.50. The number of rotatable bonds is 5. The average Bonchev–Trinajstić information content (AvgIpc) is 2.69. The summed E-state index contributed by atoms with van der Waals surface area (Å²) in [5.41, 5.74) is 2.54. The number of hydroxylamine groups is 1. The number of halogens is 3. The lowest BCUT2D eigenvalue weighted by molar-refractivity contribution is -0.274. The Morgan fingerprint density at radius 1 is 1.00 bits per heavy atom. The monoisotopic (exact) mass is 422 g/mol. The van der Waals surface area contributed by atoms with E-state index in [0.717, 1.165) is 12.1 Å². The summed E-state index contributed by atoms with van der Waals surface area (Å²) < 4.78 is 40.2. The van der Waals surface area contributed by atoms with E-state index in [4.69, 9.17) is 5.21 Å². The summed E-state index contributed by atoms with van der Waals surface area (Å²) in [5, 5.41) is 20.5. The fourth-order valence-corrected chi connectivity index (χ4v) is 2.29. The minimum atomic E-state index is -4.77. The molecule has 2 amide bonds. The maximum absolute atomic E-state index is 12.2. The second-order valence-corrected chi connectivity index (χ2v) is 6.07. The van der Waals surface area contributed by atoms with Gasteiger partial charge >= 0.3 is 6.36 Å². The molecule has 0 saturated carbocycles. The van der Waals surface area contributed by atoms with Crippen LogP contribution in [0, 0.1) is 11.8 Å². The molecule has 158 valence electrons. The normalized spacial score (nSPS) is 12.7. The molecule has 10 heteroatoms. The van der Waals surface area contributed by atoms with E-state index >= 15 is 0 Å². The van der Waals surface area contributed by atoms with E-state index in [1.807, 2.05) is 0 Å². The van der Waals surface area contributed by atoms with E-state index in [-0.39, 0.29) is 11.3 Å². The van der Waals surface area contributed by atoms with Crippen molar-refractivity contribution in [1.82, 2.24) is 10.8 Å². The number of ether oxygens (including phenoxy) is 1. The molecule has 0 aliphatic rings. The third-order valence-electron chi connectivity index (χ3n) is 3.75. The lowest BCUT2D eigenvalue weighted by Gasteiger charge is -2.19. The predicted molar refractivity (Wildman–Crippen MR) is 98.4 cm³/mol. The highest BCUT2D eigenvalue weighted by atomic mass is 19.4. The second-order valence-electron chi connectivity index (χ2n) is 6.07. The number of benzene rings is 2. The first-order chi connectivity index (χ1) is 14.1. The Morgan fingerprint density at radius 3 is 1.93 bits per heavy atom. The SMILES string of the molecule is C[C@@H](O)[C@H](NC(=O)c1ccc(C#Cc2ccc(OC(F)(F)F)cc2)cc1)C(=O)NO. The van der Waals surface area contributed by atoms with Gasteiger partial charge in [0.1, 0.15) is 11.8 Å². The number of carbonyl (C=O) groups excluding carboxylic acids is 2. The third-order valence-corrected chi connectivity index (χ3v) is 3.75. The molecule has 0 heterocycles. The lowest BCUT2D eigenvalue weighted by Crippen LogP contribution is -2.51. The zero-order valence-corrected chi connectivity index (χ0v) is 15.5. The first-order valence-corrected chi connectivity index (χ1v) is 8.50. The van der Waals surface area contributed by atoms with Crippen LogP contribution in [-0.4, -0.2) is 40.6 Å². The van der Waals surface area contributed by atoms with Crippen LogP contribution in [0.2, 0.25) is 0 Å². The maximum Gasteiger partial charge on any atom is 0.573 e. The smallest absolute Gasteiger partial charge is 0.406 e. The molecule has 7 nitrogen and oxygen atoms in total. The number of amides is 2. The molecule has 0 aliphatic heterocycles. The number of hydrogen-bond donors (Lipinski definition) is 4. The summed E-state index contributed by atoms with van der Waals surface area (Å²) in [5.74, 6) is 3.60. The van der Waals surface area contributed by atoms with E-state index in [1.54, 1.807) is 0 Å². The van der Waals surface area contributed by atoms with E-state index < -0.39 is 30.3 Å². The predicted octanol–water partition coefficient (Wildman–Crippen LogP) is 1.97. The van der Waals surface area contributed by atoms with Crippen molar-refractivity contribution in [2.45, 2.75) is 25.4 Å². The van der Waals surface area contributed by atoms with Crippen molar-refractivity contribution in [3.05, 3.63) is 65.2 Å². The Bertz CT molecular complexity index is 946. The van der Waals surface area contributed by atoms with Crippen LogP contribution in [0.3, 0.4) is 0 Å². The molecule has 0 unspecified atom stereocenters. The van der Waals surface area contributed by atoms with Gasteiger partial charge in [0.15, 0.2) is 0 Å². The number of hydrogen-bond acceptors (Lipinski definition) is 5. The van der Waals surface area contributed by atoms with E-state index in [9.17, 15) is 27.9 Å². The molecule has 0 radical (unpaired) electrons. The average molecular weight is 422 g/mol. The molecular weight excluding hydrogens is 405 g/mol. The number of aliphatic hydroxyl groups excluding tert-OH is 1. The zero-order chi connectivity index (χ0) is 22.3. The van der Waals surface area contributed by atoms with Crippen molar-refractivity contribution < 1.29 is 37.8 Å². The summed E-state index contributed by atoms with van der Waals surface area (Å²) in [6.07, 6.45) is -6.00. The van der Waals surface area contributed by atoms with Crippen LogP contribution in [0.25, 0.3) is 0 Å². The van der Waals surface area contributed by atoms with Crippen molar-refractivity contribution in [3.63, 3.8) is 0 Å². The van der Waals surface area contributed by atoms with Crippen molar-refractivity contribution in [3.8, 4) is 17.6 Å². The van der Waals surface area contributed by atoms with Crippen molar-refractivity contribution in [2.24, 2.45) is 0 Å². The molecule has 0 aliphatic carbocycles. The van der Waals surface area contributed by atoms with Gasteiger partial charge in [-0.3, -0.25) is 14.8 Å². The molecular formula is C20H17F3N2O5. The van der Waals surface area contributed by atoms with Gasteiger partial charge in [0.2, 0.25) is 0 Å². The van der Waals surface area contributed by atoms with Gasteiger partial charge in [0.25, 0.3) is 11.8 Å². The molecule has 30 heavy (non-hydrogen) atoms. The fraction of sp³-hybridized carbons (Fsp3) is 0.200. The molecule has 0 aromatic heterocycles. The highest BCUT2D eigenvalue weighted by Crippen LogP contribution is 2.22. The highest BCUT2D eigenvalue weighted by molar-refractivity contribution is 5.97. The second kappa shape index (κ2) is 9.78. The summed E-state index contributed by atoms with van der Waals surface area (Å²) in [6.45, 7) is 1.28. The first kappa shape index (κ1) is 22.7. The van der Waals surface area contributed by atoms with Crippen LogP contribution in [-0.2, 0) is 4.79 Å². The molecule has 4 N–H and O–H groups in total. The number of aliphatic hydroxyl groups is 1. The minimum absolute atomic E-state index is 0.186. The van der Waals surface area contributed by atoms with Crippen LogP contribution in [0.1, 0.15) is 28.4 Å². The molecule has 0 bridgehead atoms. The van der Waals surface area contributed by atoms with Gasteiger partial charge in [0.05, 0.1) is 6.10 Å². The molecule has 2 rings (SSSR count). The van der Waals surface area contributed by atoms with Gasteiger partial charge in [-0.25, -0.2) is 5.48 Å². The maximum atomic E-state index is 12.2. The van der Waals surface area contributed by atoms with Gasteiger partial charge in [-0.05, 0) is 55.5 Å². The van der Waals surface area contributed by atoms with Crippen LogP contribution < -0.4 is 15.5 Å². The Labute approximate surface area is 169 Å². The van der Waals surface area contributed by atoms with Crippen molar-refractivity contribution in [2.75, 3.05) is 0 Å². The number of carbonyl (C=O) groups is 2. The van der Waals surface area contributed by atoms with Gasteiger partial charge in [-0.1, -0.05) is 11.8 Å². The minimum Gasteiger partial charge on any atom is -0.406 e. The Morgan fingerprint density at radius 2 is 1.50 bits per heavy atom. The summed E-state index contributed by atoms with van der Waals surface area (Å²) in [6, 6.07) is 9.64. The lowest BCUT2D eigenvalue weighted by atomic mass is 10.1. The Balaban J connectivity index is 2.04. The van der Waals surface area contributed by atoms with Gasteiger partial charge in [0, 0.05) is 16.7 Å². The fourth-order valence-electron chi connectivity index (χ4n) is 2.29. The van der Waals surface area contributed by atoms with E-state index in [2.05, 4.69) is 21.9 Å². The number of alkyl halides is 3. The molecule has 2 aromatic rings. The Kier molecular flexibility index (Phi) is 7.41. The van der Waals surface area contributed by atoms with Crippen LogP contribution >= 0.6 is 0 Å². The standard InChI is InChI=1S/C20H17F3N2O5/c1-12(26)17(19(28)25-29)24-18(27)15-8-4-13(5-9-15)2-3-14-6-10-16(11-7-14)30-20(21,22)23/h4-12,17,26,29H,1H3,(H,24,27)(H,25,28)/t12-,17+/m1/s1. The molecule has 0 spiro atoms.